The molecule has 5 heteroatoms. The summed E-state index contributed by atoms with van der Waals surface area (Å²) in [6, 6.07) is 13.3. The standard InChI is InChI=1S/C16H9ClO3.Hg/c17-12-6-7-15-14(9-12)11(8-16(18)20-15)10-19-13-4-2-1-3-5-13;/h1-4,6-7,9H,10H2;. The van der Waals surface area contributed by atoms with E-state index in [0.717, 1.165) is 19.8 Å². The van der Waals surface area contributed by atoms with Crippen molar-refractivity contribution in [3.8, 4) is 5.75 Å². The summed E-state index contributed by atoms with van der Waals surface area (Å²) in [7, 11) is 0. The zero-order chi connectivity index (χ0) is 14.4. The quantitative estimate of drug-likeness (QED) is 0.363. The summed E-state index contributed by atoms with van der Waals surface area (Å²) < 4.78 is 13.5. The molecule has 3 nitrogen and oxygen atoms in total. The van der Waals surface area contributed by atoms with Crippen LogP contribution in [0.5, 0.6) is 5.75 Å². The Morgan fingerprint density at radius 2 is 2.00 bits per heavy atom. The molecule has 0 amide bonds. The van der Waals surface area contributed by atoms with Crippen LogP contribution < -0.4 is 16.5 Å². The Morgan fingerprint density at radius 3 is 2.90 bits per heavy atom. The van der Waals surface area contributed by atoms with Crippen LogP contribution >= 0.6 is 11.6 Å². The maximum atomic E-state index is 12.3. The number of halogens is 1. The summed E-state index contributed by atoms with van der Waals surface area (Å²) in [6.45, 7) is 0.398. The van der Waals surface area contributed by atoms with Crippen LogP contribution in [-0.2, 0) is 31.2 Å². The normalized spacial score (nSPS) is 12.4. The van der Waals surface area contributed by atoms with Gasteiger partial charge in [-0.05, 0) is 0 Å². The SMILES string of the molecule is O=c1oc2ccc(Cl)cc2c2[c]1[Hg][c]1ccccc1OC2. The molecule has 4 rings (SSSR count). The number of ether oxygens (including phenoxy) is 1. The average Bonchev–Trinajstić information content (AvgIpc) is 2.68. The monoisotopic (exact) mass is 486 g/mol. The summed E-state index contributed by atoms with van der Waals surface area (Å²) in [5, 5.41) is 1.53. The van der Waals surface area contributed by atoms with Gasteiger partial charge in [0.1, 0.15) is 0 Å². The Kier molecular flexibility index (Phi) is 3.27. The number of benzene rings is 2. The molecular weight excluding hydrogens is 476 g/mol. The Morgan fingerprint density at radius 1 is 1.14 bits per heavy atom. The zero-order valence-electron chi connectivity index (χ0n) is 11.1. The molecule has 0 aliphatic carbocycles. The number of fused-ring (bicyclic) bond motifs is 4. The first-order valence-corrected chi connectivity index (χ1v) is 12.5. The van der Waals surface area contributed by atoms with Gasteiger partial charge in [-0.25, -0.2) is 0 Å². The summed E-state index contributed by atoms with van der Waals surface area (Å²) in [4.78, 5) is 12.3. The van der Waals surface area contributed by atoms with E-state index in [1.165, 1.54) is 3.07 Å². The average molecular weight is 485 g/mol. The molecular formula is C16H9ClHgO3. The first-order chi connectivity index (χ1) is 10.2. The molecule has 0 bridgehead atoms. The number of hydrogen-bond acceptors (Lipinski definition) is 3. The molecule has 1 aliphatic rings. The molecule has 0 unspecified atom stereocenters. The molecule has 0 atom stereocenters. The molecule has 1 aliphatic heterocycles. The summed E-state index contributed by atoms with van der Waals surface area (Å²) >= 11 is 4.29. The van der Waals surface area contributed by atoms with E-state index in [2.05, 4.69) is 6.07 Å². The fraction of sp³-hybridized carbons (Fsp3) is 0.0625. The molecule has 0 saturated carbocycles. The van der Waals surface area contributed by atoms with Gasteiger partial charge in [0.05, 0.1) is 0 Å². The van der Waals surface area contributed by atoms with Crippen LogP contribution in [0.25, 0.3) is 11.0 Å². The topological polar surface area (TPSA) is 39.4 Å². The third kappa shape index (κ3) is 2.28. The van der Waals surface area contributed by atoms with Gasteiger partial charge in [-0.3, -0.25) is 0 Å². The minimum absolute atomic E-state index is 0.207. The van der Waals surface area contributed by atoms with Crippen molar-refractivity contribution in [3.05, 3.63) is 63.5 Å². The number of hydrogen-bond donors (Lipinski definition) is 0. The van der Waals surface area contributed by atoms with Crippen molar-refractivity contribution in [1.82, 2.24) is 0 Å². The van der Waals surface area contributed by atoms with Gasteiger partial charge in [0.25, 0.3) is 0 Å². The van der Waals surface area contributed by atoms with Crippen LogP contribution in [0, 0.1) is 0 Å². The van der Waals surface area contributed by atoms with E-state index in [-0.39, 0.29) is 5.63 Å². The summed E-state index contributed by atoms with van der Waals surface area (Å²) in [5.74, 6) is 0.907. The molecule has 0 N–H and O–H groups in total. The molecule has 0 saturated heterocycles. The maximum absolute atomic E-state index is 12.3. The Balaban J connectivity index is 2.01. The predicted molar refractivity (Wildman–Crippen MR) is 77.5 cm³/mol. The van der Waals surface area contributed by atoms with Gasteiger partial charge in [-0.2, -0.15) is 0 Å². The van der Waals surface area contributed by atoms with E-state index in [1.807, 2.05) is 24.3 Å². The summed E-state index contributed by atoms with van der Waals surface area (Å²) in [5.41, 5.74) is 1.33. The Labute approximate surface area is 137 Å². The van der Waals surface area contributed by atoms with Crippen LogP contribution in [0.4, 0.5) is 0 Å². The van der Waals surface area contributed by atoms with Crippen LogP contribution in [0.2, 0.25) is 5.02 Å². The fourth-order valence-corrected chi connectivity index (χ4v) is 9.73. The zero-order valence-corrected chi connectivity index (χ0v) is 17.3. The van der Waals surface area contributed by atoms with Crippen molar-refractivity contribution >= 4 is 28.7 Å². The van der Waals surface area contributed by atoms with Gasteiger partial charge in [0, 0.05) is 0 Å². The third-order valence-corrected chi connectivity index (χ3v) is 11.9. The molecule has 2 heterocycles. The van der Waals surface area contributed by atoms with Crippen molar-refractivity contribution in [2.45, 2.75) is 6.61 Å². The number of rotatable bonds is 0. The van der Waals surface area contributed by atoms with Gasteiger partial charge in [0.15, 0.2) is 0 Å². The molecule has 100 valence electrons. The molecule has 21 heavy (non-hydrogen) atoms. The van der Waals surface area contributed by atoms with Gasteiger partial charge in [-0.15, -0.1) is 0 Å². The first-order valence-electron chi connectivity index (χ1n) is 6.67. The number of para-hydroxylation sites is 1. The van der Waals surface area contributed by atoms with Crippen molar-refractivity contribution < 1.29 is 33.7 Å². The van der Waals surface area contributed by atoms with Crippen LogP contribution in [0.15, 0.2) is 51.7 Å². The summed E-state index contributed by atoms with van der Waals surface area (Å²) in [6.07, 6.45) is 0. The molecule has 0 fully saturated rings. The molecule has 1 aromatic heterocycles. The van der Waals surface area contributed by atoms with Gasteiger partial charge in [0.2, 0.25) is 0 Å². The molecule has 3 aromatic rings. The Bertz CT molecular complexity index is 917. The van der Waals surface area contributed by atoms with E-state index < -0.39 is 24.6 Å². The second-order valence-electron chi connectivity index (χ2n) is 5.06. The Hall–Kier alpha value is -1.32. The fourth-order valence-electron chi connectivity index (χ4n) is 2.75. The van der Waals surface area contributed by atoms with Crippen LogP contribution in [0.3, 0.4) is 0 Å². The van der Waals surface area contributed by atoms with Gasteiger partial charge >= 0.3 is 138 Å². The van der Waals surface area contributed by atoms with Crippen molar-refractivity contribution in [1.29, 1.82) is 0 Å². The van der Waals surface area contributed by atoms with E-state index >= 15 is 0 Å². The molecule has 0 spiro atoms. The molecule has 0 radical (unpaired) electrons. The van der Waals surface area contributed by atoms with Crippen LogP contribution in [0.1, 0.15) is 5.56 Å². The van der Waals surface area contributed by atoms with E-state index in [1.54, 1.807) is 12.1 Å². The second-order valence-corrected chi connectivity index (χ2v) is 12.6. The predicted octanol–water partition coefficient (Wildman–Crippen LogP) is 2.37. The minimum atomic E-state index is -1.80. The van der Waals surface area contributed by atoms with E-state index in [0.29, 0.717) is 17.2 Å². The van der Waals surface area contributed by atoms with Gasteiger partial charge in [-0.1, -0.05) is 0 Å². The van der Waals surface area contributed by atoms with Crippen molar-refractivity contribution in [3.63, 3.8) is 0 Å². The van der Waals surface area contributed by atoms with E-state index in [4.69, 9.17) is 20.8 Å². The second kappa shape index (κ2) is 5.14. The third-order valence-electron chi connectivity index (χ3n) is 3.79. The van der Waals surface area contributed by atoms with E-state index in [9.17, 15) is 4.79 Å². The van der Waals surface area contributed by atoms with Gasteiger partial charge < -0.3 is 0 Å². The van der Waals surface area contributed by atoms with Crippen molar-refractivity contribution in [2.24, 2.45) is 0 Å². The van der Waals surface area contributed by atoms with Crippen LogP contribution in [-0.4, -0.2) is 0 Å². The molecule has 2 aromatic carbocycles. The van der Waals surface area contributed by atoms with Crippen molar-refractivity contribution in [2.75, 3.05) is 0 Å². The first kappa shape index (κ1) is 13.3.